The summed E-state index contributed by atoms with van der Waals surface area (Å²) < 4.78 is 6.86. The van der Waals surface area contributed by atoms with Crippen LogP contribution in [-0.2, 0) is 10.8 Å². The molecule has 0 bridgehead atoms. The number of benzene rings is 8. The largest absolute Gasteiger partial charge is 0.455 e. The molecule has 3 aliphatic carbocycles. The van der Waals surface area contributed by atoms with Gasteiger partial charge in [-0.05, 0) is 97.8 Å². The Balaban J connectivity index is 1.12. The van der Waals surface area contributed by atoms with E-state index in [2.05, 4.69) is 231 Å². The highest BCUT2D eigenvalue weighted by Gasteiger charge is 2.49. The maximum Gasteiger partial charge on any atom is 0.143 e. The number of rotatable bonds is 6. The van der Waals surface area contributed by atoms with Crippen LogP contribution in [0.1, 0.15) is 53.1 Å². The average Bonchev–Trinajstić information content (AvgIpc) is 3.91. The van der Waals surface area contributed by atoms with Gasteiger partial charge in [0.05, 0.1) is 5.41 Å². The third kappa shape index (κ3) is 4.94. The summed E-state index contributed by atoms with van der Waals surface area (Å²) in [4.78, 5) is 2.49. The molecule has 12 rings (SSSR count). The van der Waals surface area contributed by atoms with Crippen LogP contribution in [0.25, 0.3) is 44.2 Å². The van der Waals surface area contributed by atoms with Gasteiger partial charge in [-0.2, -0.15) is 0 Å². The molecule has 0 spiro atoms. The van der Waals surface area contributed by atoms with Crippen LogP contribution >= 0.6 is 0 Å². The Morgan fingerprint density at radius 2 is 1.15 bits per heavy atom. The van der Waals surface area contributed by atoms with Crippen LogP contribution in [0, 0.1) is 5.92 Å². The molecule has 1 unspecified atom stereocenters. The van der Waals surface area contributed by atoms with Crippen molar-refractivity contribution in [1.29, 1.82) is 0 Å². The number of allylic oxidation sites excluding steroid dienone is 3. The molecule has 0 saturated heterocycles. The molecule has 8 aromatic carbocycles. The van der Waals surface area contributed by atoms with Crippen molar-refractivity contribution >= 4 is 33.3 Å². The molecule has 1 heterocycles. The van der Waals surface area contributed by atoms with Gasteiger partial charge in [-0.25, -0.2) is 0 Å². The minimum atomic E-state index is -0.601. The van der Waals surface area contributed by atoms with Crippen LogP contribution in [0.2, 0.25) is 0 Å². The van der Waals surface area contributed by atoms with Gasteiger partial charge >= 0.3 is 0 Å². The summed E-state index contributed by atoms with van der Waals surface area (Å²) in [5, 5.41) is 2.28. The van der Waals surface area contributed by atoms with Gasteiger partial charge in [0.15, 0.2) is 0 Å². The molecule has 2 atom stereocenters. The molecule has 0 fully saturated rings. The summed E-state index contributed by atoms with van der Waals surface area (Å²) in [5.74, 6) is 0.653. The lowest BCUT2D eigenvalue weighted by atomic mass is 9.67. The highest BCUT2D eigenvalue weighted by Crippen LogP contribution is 2.60. The minimum Gasteiger partial charge on any atom is -0.455 e. The fourth-order valence-electron chi connectivity index (χ4n) is 11.1. The number of hydrogen-bond donors (Lipinski definition) is 0. The van der Waals surface area contributed by atoms with Gasteiger partial charge in [-0.15, -0.1) is 0 Å². The van der Waals surface area contributed by atoms with E-state index in [9.17, 15) is 0 Å². The first-order valence-corrected chi connectivity index (χ1v) is 21.2. The maximum absolute atomic E-state index is 6.86. The molecule has 0 aliphatic heterocycles. The molecule has 9 aromatic rings. The SMILES string of the molecule is CC1(C)c2ccccc2C2C=CC(N(c3ccc(-c4ccccc4)cc3)c3ccc4c(c3)C(c3ccccc3)(c3ccccc3)c3ccc5c(oc6ccccc65)c3-4)=C[C@@H]21. The summed E-state index contributed by atoms with van der Waals surface area (Å²) in [6.45, 7) is 4.84. The Labute approximate surface area is 351 Å². The van der Waals surface area contributed by atoms with E-state index in [-0.39, 0.29) is 5.41 Å². The number of para-hydroxylation sites is 1. The third-order valence-electron chi connectivity index (χ3n) is 13.8. The monoisotopic (exact) mass is 769 g/mol. The van der Waals surface area contributed by atoms with Gasteiger partial charge in [-0.1, -0.05) is 190 Å². The Kier molecular flexibility index (Phi) is 7.65. The number of fused-ring (bicyclic) bond motifs is 10. The van der Waals surface area contributed by atoms with Crippen LogP contribution in [0.3, 0.4) is 0 Å². The van der Waals surface area contributed by atoms with Crippen molar-refractivity contribution in [3.05, 3.63) is 251 Å². The highest BCUT2D eigenvalue weighted by molar-refractivity contribution is 6.12. The number of furan rings is 1. The molecule has 2 heteroatoms. The maximum atomic E-state index is 6.86. The molecule has 0 radical (unpaired) electrons. The molecule has 1 aromatic heterocycles. The van der Waals surface area contributed by atoms with E-state index in [0.717, 1.165) is 33.3 Å². The van der Waals surface area contributed by atoms with E-state index in [1.165, 1.54) is 61.3 Å². The second kappa shape index (κ2) is 13.2. The van der Waals surface area contributed by atoms with Crippen molar-refractivity contribution in [2.24, 2.45) is 5.92 Å². The van der Waals surface area contributed by atoms with Crippen LogP contribution in [-0.4, -0.2) is 0 Å². The van der Waals surface area contributed by atoms with E-state index >= 15 is 0 Å². The molecule has 0 N–H and O–H groups in total. The number of anilines is 2. The number of nitrogens with zero attached hydrogens (tertiary/aromatic N) is 1. The third-order valence-corrected chi connectivity index (χ3v) is 13.8. The zero-order valence-corrected chi connectivity index (χ0v) is 33.7. The van der Waals surface area contributed by atoms with E-state index in [4.69, 9.17) is 4.42 Å². The smallest absolute Gasteiger partial charge is 0.143 e. The van der Waals surface area contributed by atoms with Crippen molar-refractivity contribution in [2.45, 2.75) is 30.6 Å². The fourth-order valence-corrected chi connectivity index (χ4v) is 11.1. The molecular formula is C58H43NO. The lowest BCUT2D eigenvalue weighted by Gasteiger charge is -2.36. The Morgan fingerprint density at radius 1 is 0.517 bits per heavy atom. The molecule has 286 valence electrons. The van der Waals surface area contributed by atoms with Crippen LogP contribution < -0.4 is 4.90 Å². The normalized spacial score (nSPS) is 17.8. The van der Waals surface area contributed by atoms with E-state index in [0.29, 0.717) is 11.8 Å². The van der Waals surface area contributed by atoms with Crippen molar-refractivity contribution in [3.63, 3.8) is 0 Å². The fraction of sp³-hybridized carbons (Fsp3) is 0.103. The topological polar surface area (TPSA) is 16.4 Å². The summed E-state index contributed by atoms with van der Waals surface area (Å²) in [6, 6.07) is 71.2. The second-order valence-electron chi connectivity index (χ2n) is 17.2. The van der Waals surface area contributed by atoms with Crippen molar-refractivity contribution in [3.8, 4) is 22.3 Å². The minimum absolute atomic E-state index is 0.0204. The Bertz CT molecular complexity index is 3130. The summed E-state index contributed by atoms with van der Waals surface area (Å²) in [7, 11) is 0. The Morgan fingerprint density at radius 3 is 1.90 bits per heavy atom. The van der Waals surface area contributed by atoms with Crippen molar-refractivity contribution in [2.75, 3.05) is 4.90 Å². The first kappa shape index (κ1) is 34.8. The van der Waals surface area contributed by atoms with Gasteiger partial charge in [0.2, 0.25) is 0 Å². The quantitative estimate of drug-likeness (QED) is 0.167. The molecule has 0 amide bonds. The van der Waals surface area contributed by atoms with Gasteiger partial charge in [0.25, 0.3) is 0 Å². The predicted octanol–water partition coefficient (Wildman–Crippen LogP) is 14.9. The zero-order valence-electron chi connectivity index (χ0n) is 33.7. The second-order valence-corrected chi connectivity index (χ2v) is 17.2. The van der Waals surface area contributed by atoms with Gasteiger partial charge in [0.1, 0.15) is 11.2 Å². The predicted molar refractivity (Wildman–Crippen MR) is 248 cm³/mol. The lowest BCUT2D eigenvalue weighted by Crippen LogP contribution is -2.29. The zero-order chi connectivity index (χ0) is 40.0. The molecule has 3 aliphatic rings. The molecule has 0 saturated carbocycles. The van der Waals surface area contributed by atoms with Gasteiger partial charge in [0, 0.05) is 39.3 Å². The van der Waals surface area contributed by atoms with Crippen LogP contribution in [0.4, 0.5) is 11.4 Å². The van der Waals surface area contributed by atoms with Gasteiger partial charge in [-0.3, -0.25) is 0 Å². The molecule has 60 heavy (non-hydrogen) atoms. The van der Waals surface area contributed by atoms with E-state index < -0.39 is 5.41 Å². The van der Waals surface area contributed by atoms with E-state index in [1.807, 2.05) is 0 Å². The standard InChI is InChI=1S/C58H43NO/c1-57(2)50-24-14-12-22-45(50)46-32-30-43(36-52(46)57)59(42-28-26-39(27-29-42)38-16-6-3-7-17-38)44-31-33-49-53(37-44)58(40-18-8-4-9-19-40,41-20-10-5-11-21-41)51-35-34-48-47-23-13-15-25-54(47)60-56(48)55(49)51/h3-37,46,52H,1-2H3/t46?,52-/m0/s1. The summed E-state index contributed by atoms with van der Waals surface area (Å²) in [6.07, 6.45) is 7.38. The highest BCUT2D eigenvalue weighted by atomic mass is 16.3. The molecule has 2 nitrogen and oxygen atoms in total. The van der Waals surface area contributed by atoms with Crippen LogP contribution in [0.5, 0.6) is 0 Å². The first-order chi connectivity index (χ1) is 29.5. The number of hydrogen-bond acceptors (Lipinski definition) is 2. The lowest BCUT2D eigenvalue weighted by molar-refractivity contribution is 0.392. The van der Waals surface area contributed by atoms with Crippen LogP contribution in [0.15, 0.2) is 222 Å². The van der Waals surface area contributed by atoms with Crippen molar-refractivity contribution in [1.82, 2.24) is 0 Å². The first-order valence-electron chi connectivity index (χ1n) is 21.2. The van der Waals surface area contributed by atoms with Crippen molar-refractivity contribution < 1.29 is 4.42 Å². The average molecular weight is 770 g/mol. The van der Waals surface area contributed by atoms with E-state index in [1.54, 1.807) is 0 Å². The van der Waals surface area contributed by atoms with Gasteiger partial charge < -0.3 is 9.32 Å². The molecular weight excluding hydrogens is 727 g/mol. The summed E-state index contributed by atoms with van der Waals surface area (Å²) >= 11 is 0. The Hall–Kier alpha value is -7.16. The summed E-state index contributed by atoms with van der Waals surface area (Å²) in [5.41, 5.74) is 17.3.